The summed E-state index contributed by atoms with van der Waals surface area (Å²) in [6.45, 7) is 0. The molecule has 2 rings (SSSR count). The largest absolute Gasteiger partial charge is 0.497 e. The highest BCUT2D eigenvalue weighted by atomic mass is 16.7. The summed E-state index contributed by atoms with van der Waals surface area (Å²) in [4.78, 5) is 27.6. The molecular weight excluding hydrogens is 320 g/mol. The average molecular weight is 342 g/mol. The molecule has 1 amide bonds. The van der Waals surface area contributed by atoms with Gasteiger partial charge in [-0.05, 0) is 49.1 Å². The number of benzene rings is 2. The van der Waals surface area contributed by atoms with Gasteiger partial charge in [0, 0.05) is 17.7 Å². The van der Waals surface area contributed by atoms with Gasteiger partial charge in [-0.1, -0.05) is 24.3 Å². The zero-order chi connectivity index (χ0) is 18.1. The first-order valence-corrected chi connectivity index (χ1v) is 8.07. The van der Waals surface area contributed by atoms with E-state index >= 15 is 0 Å². The van der Waals surface area contributed by atoms with Crippen molar-refractivity contribution in [1.29, 1.82) is 0 Å². The standard InChI is InChI=1S/C19H22N2O4/c1-24-16-10-6-9-15(13-16)19(23)21-17-11-4-2-7-14(17)8-3-5-12-18(22)25-20/h2,4,6-7,9-11,13H,3,5,8,12,20H2,1H3,(H,21,23). The molecule has 0 saturated carbocycles. The molecule has 6 nitrogen and oxygen atoms in total. The van der Waals surface area contributed by atoms with Crippen LogP contribution in [0, 0.1) is 0 Å². The molecule has 0 saturated heterocycles. The summed E-state index contributed by atoms with van der Waals surface area (Å²) in [7, 11) is 1.56. The number of para-hydroxylation sites is 1. The van der Waals surface area contributed by atoms with Crippen molar-refractivity contribution in [3.8, 4) is 5.75 Å². The molecule has 0 unspecified atom stereocenters. The number of rotatable bonds is 8. The summed E-state index contributed by atoms with van der Waals surface area (Å²) in [5, 5.41) is 2.93. The van der Waals surface area contributed by atoms with Crippen LogP contribution in [0.3, 0.4) is 0 Å². The van der Waals surface area contributed by atoms with Gasteiger partial charge in [-0.2, -0.15) is 5.90 Å². The maximum Gasteiger partial charge on any atom is 0.324 e. The molecule has 0 aliphatic heterocycles. The average Bonchev–Trinajstić information content (AvgIpc) is 2.66. The highest BCUT2D eigenvalue weighted by molar-refractivity contribution is 6.04. The van der Waals surface area contributed by atoms with Crippen LogP contribution in [0.25, 0.3) is 0 Å². The molecule has 0 aliphatic rings. The van der Waals surface area contributed by atoms with Crippen molar-refractivity contribution < 1.29 is 19.2 Å². The van der Waals surface area contributed by atoms with Crippen molar-refractivity contribution in [3.63, 3.8) is 0 Å². The van der Waals surface area contributed by atoms with Crippen LogP contribution in [-0.2, 0) is 16.1 Å². The van der Waals surface area contributed by atoms with Crippen molar-refractivity contribution in [2.24, 2.45) is 5.90 Å². The van der Waals surface area contributed by atoms with Crippen LogP contribution in [0.15, 0.2) is 48.5 Å². The normalized spacial score (nSPS) is 10.2. The molecule has 6 heteroatoms. The van der Waals surface area contributed by atoms with Crippen LogP contribution >= 0.6 is 0 Å². The monoisotopic (exact) mass is 342 g/mol. The Morgan fingerprint density at radius 2 is 1.88 bits per heavy atom. The summed E-state index contributed by atoms with van der Waals surface area (Å²) in [5.41, 5.74) is 2.30. The van der Waals surface area contributed by atoms with E-state index < -0.39 is 5.97 Å². The highest BCUT2D eigenvalue weighted by Gasteiger charge is 2.10. The molecule has 3 N–H and O–H groups in total. The summed E-state index contributed by atoms with van der Waals surface area (Å²) in [5.74, 6) is 4.83. The van der Waals surface area contributed by atoms with E-state index in [2.05, 4.69) is 10.2 Å². The van der Waals surface area contributed by atoms with Crippen molar-refractivity contribution in [3.05, 3.63) is 59.7 Å². The number of carbonyl (C=O) groups is 2. The van der Waals surface area contributed by atoms with E-state index in [0.717, 1.165) is 24.1 Å². The van der Waals surface area contributed by atoms with Crippen molar-refractivity contribution in [2.75, 3.05) is 12.4 Å². The lowest BCUT2D eigenvalue weighted by Gasteiger charge is -2.11. The minimum Gasteiger partial charge on any atom is -0.497 e. The molecule has 0 atom stereocenters. The Morgan fingerprint density at radius 3 is 2.64 bits per heavy atom. The molecule has 2 aromatic carbocycles. The first-order chi connectivity index (χ1) is 12.1. The SMILES string of the molecule is COc1cccc(C(=O)Nc2ccccc2CCCCC(=O)ON)c1. The Balaban J connectivity index is 1.99. The maximum absolute atomic E-state index is 12.5. The third kappa shape index (κ3) is 5.61. The second-order valence-corrected chi connectivity index (χ2v) is 5.54. The number of anilines is 1. The predicted molar refractivity (Wildman–Crippen MR) is 95.2 cm³/mol. The Morgan fingerprint density at radius 1 is 1.08 bits per heavy atom. The molecule has 0 aliphatic carbocycles. The van der Waals surface area contributed by atoms with Crippen molar-refractivity contribution in [2.45, 2.75) is 25.7 Å². The quantitative estimate of drug-likeness (QED) is 0.568. The van der Waals surface area contributed by atoms with Gasteiger partial charge in [0.25, 0.3) is 5.91 Å². The van der Waals surface area contributed by atoms with E-state index in [1.165, 1.54) is 0 Å². The maximum atomic E-state index is 12.5. The van der Waals surface area contributed by atoms with Crippen molar-refractivity contribution in [1.82, 2.24) is 0 Å². The van der Waals surface area contributed by atoms with Crippen LogP contribution in [0.5, 0.6) is 5.75 Å². The fraction of sp³-hybridized carbons (Fsp3) is 0.263. The van der Waals surface area contributed by atoms with Gasteiger partial charge in [0.05, 0.1) is 7.11 Å². The Labute approximate surface area is 146 Å². The number of ether oxygens (including phenoxy) is 1. The number of carbonyl (C=O) groups excluding carboxylic acids is 2. The number of unbranched alkanes of at least 4 members (excludes halogenated alkanes) is 1. The number of hydrogen-bond acceptors (Lipinski definition) is 5. The Hall–Kier alpha value is -2.86. The van der Waals surface area contributed by atoms with Gasteiger partial charge in [0.15, 0.2) is 0 Å². The molecule has 0 fully saturated rings. The molecule has 132 valence electrons. The van der Waals surface area contributed by atoms with Gasteiger partial charge in [-0.3, -0.25) is 9.59 Å². The van der Waals surface area contributed by atoms with E-state index in [1.54, 1.807) is 31.4 Å². The first-order valence-electron chi connectivity index (χ1n) is 8.07. The molecule has 0 heterocycles. The fourth-order valence-electron chi connectivity index (χ4n) is 2.46. The number of amides is 1. The number of methoxy groups -OCH3 is 1. The number of hydrogen-bond donors (Lipinski definition) is 2. The van der Waals surface area contributed by atoms with Crippen LogP contribution in [0.4, 0.5) is 5.69 Å². The van der Waals surface area contributed by atoms with Gasteiger partial charge in [0.2, 0.25) is 0 Å². The van der Waals surface area contributed by atoms with E-state index in [-0.39, 0.29) is 12.3 Å². The van der Waals surface area contributed by atoms with Gasteiger partial charge in [-0.15, -0.1) is 0 Å². The molecule has 0 spiro atoms. The van der Waals surface area contributed by atoms with E-state index in [0.29, 0.717) is 17.7 Å². The van der Waals surface area contributed by atoms with Gasteiger partial charge in [-0.25, -0.2) is 0 Å². The fourth-order valence-corrected chi connectivity index (χ4v) is 2.46. The second-order valence-electron chi connectivity index (χ2n) is 5.54. The summed E-state index contributed by atoms with van der Waals surface area (Å²) >= 11 is 0. The molecule has 0 bridgehead atoms. The number of aryl methyl sites for hydroxylation is 1. The number of nitrogens with two attached hydrogens (primary N) is 1. The van der Waals surface area contributed by atoms with Gasteiger partial charge < -0.3 is 14.9 Å². The Bertz CT molecular complexity index is 731. The van der Waals surface area contributed by atoms with Crippen LogP contribution in [0.2, 0.25) is 0 Å². The van der Waals surface area contributed by atoms with E-state index in [4.69, 9.17) is 10.6 Å². The van der Waals surface area contributed by atoms with Crippen LogP contribution < -0.4 is 16.0 Å². The lowest BCUT2D eigenvalue weighted by atomic mass is 10.0. The van der Waals surface area contributed by atoms with E-state index in [9.17, 15) is 9.59 Å². The minimum atomic E-state index is -0.417. The smallest absolute Gasteiger partial charge is 0.324 e. The summed E-state index contributed by atoms with van der Waals surface area (Å²) in [6, 6.07) is 14.6. The van der Waals surface area contributed by atoms with Crippen LogP contribution in [-0.4, -0.2) is 19.0 Å². The predicted octanol–water partition coefficient (Wildman–Crippen LogP) is 3.08. The second kappa shape index (κ2) is 9.44. The van der Waals surface area contributed by atoms with Gasteiger partial charge >= 0.3 is 5.97 Å². The minimum absolute atomic E-state index is 0.196. The third-order valence-corrected chi connectivity index (χ3v) is 3.81. The lowest BCUT2D eigenvalue weighted by molar-refractivity contribution is -0.144. The van der Waals surface area contributed by atoms with Crippen LogP contribution in [0.1, 0.15) is 35.2 Å². The number of nitrogens with one attached hydrogen (secondary N) is 1. The molecule has 0 aromatic heterocycles. The molecule has 25 heavy (non-hydrogen) atoms. The van der Waals surface area contributed by atoms with Crippen molar-refractivity contribution >= 4 is 17.6 Å². The first kappa shape index (κ1) is 18.5. The summed E-state index contributed by atoms with van der Waals surface area (Å²) < 4.78 is 5.15. The van der Waals surface area contributed by atoms with Gasteiger partial charge in [0.1, 0.15) is 5.75 Å². The third-order valence-electron chi connectivity index (χ3n) is 3.81. The Kier molecular flexibility index (Phi) is 6.98. The topological polar surface area (TPSA) is 90.6 Å². The zero-order valence-corrected chi connectivity index (χ0v) is 14.2. The highest BCUT2D eigenvalue weighted by Crippen LogP contribution is 2.20. The summed E-state index contributed by atoms with van der Waals surface area (Å²) in [6.07, 6.45) is 2.50. The zero-order valence-electron chi connectivity index (χ0n) is 14.2. The molecule has 0 radical (unpaired) electrons. The van der Waals surface area contributed by atoms with E-state index in [1.807, 2.05) is 24.3 Å². The molecular formula is C19H22N2O4. The molecule has 2 aromatic rings. The lowest BCUT2D eigenvalue weighted by Crippen LogP contribution is -2.13.